The SMILES string of the molecule is CN1CCN(CCCCn2ccc3c2CCCCN3C(=O)c2ccc(NC(=O)c3ccccc3-c3ccccc3)cc2)CC1. The van der Waals surface area contributed by atoms with Crippen molar-refractivity contribution in [3.05, 3.63) is 108 Å². The first-order valence-corrected chi connectivity index (χ1v) is 16.0. The molecule has 2 amide bonds. The molecule has 3 heterocycles. The number of unbranched alkanes of at least 4 members (excludes halogenated alkanes) is 1. The maximum Gasteiger partial charge on any atom is 0.258 e. The monoisotopic (exact) mass is 589 g/mol. The highest BCUT2D eigenvalue weighted by Crippen LogP contribution is 2.30. The molecule has 44 heavy (non-hydrogen) atoms. The second-order valence-corrected chi connectivity index (χ2v) is 12.1. The third-order valence-electron chi connectivity index (χ3n) is 9.00. The van der Waals surface area contributed by atoms with Gasteiger partial charge in [0.15, 0.2) is 0 Å². The predicted molar refractivity (Wildman–Crippen MR) is 178 cm³/mol. The number of nitrogens with zero attached hydrogens (tertiary/aromatic N) is 4. The van der Waals surface area contributed by atoms with Crippen LogP contribution < -0.4 is 10.2 Å². The molecule has 0 unspecified atom stereocenters. The van der Waals surface area contributed by atoms with Crippen LogP contribution in [0.5, 0.6) is 0 Å². The highest BCUT2D eigenvalue weighted by molar-refractivity contribution is 6.09. The standard InChI is InChI=1S/C37H43N5O2/c1-39-25-27-40(28-26-39)21-9-10-22-41-24-20-35-34(41)15-7-8-23-42(35)37(44)30-16-18-31(19-17-30)38-36(43)33-14-6-5-13-32(33)29-11-3-2-4-12-29/h2-6,11-14,16-20,24H,7-10,15,21-23,25-28H2,1H3,(H,38,43). The fourth-order valence-corrected chi connectivity index (χ4v) is 6.40. The Morgan fingerprint density at radius 2 is 1.48 bits per heavy atom. The summed E-state index contributed by atoms with van der Waals surface area (Å²) in [6.45, 7) is 7.54. The summed E-state index contributed by atoms with van der Waals surface area (Å²) < 4.78 is 2.37. The number of piperazine rings is 1. The minimum absolute atomic E-state index is 0.00765. The van der Waals surface area contributed by atoms with Gasteiger partial charge in [-0.25, -0.2) is 0 Å². The van der Waals surface area contributed by atoms with E-state index in [-0.39, 0.29) is 11.8 Å². The van der Waals surface area contributed by atoms with E-state index in [0.29, 0.717) is 23.4 Å². The van der Waals surface area contributed by atoms with E-state index in [2.05, 4.69) is 39.0 Å². The maximum atomic E-state index is 13.8. The molecular weight excluding hydrogens is 546 g/mol. The van der Waals surface area contributed by atoms with E-state index in [9.17, 15) is 9.59 Å². The molecule has 3 aromatic carbocycles. The second-order valence-electron chi connectivity index (χ2n) is 12.1. The minimum Gasteiger partial charge on any atom is -0.350 e. The summed E-state index contributed by atoms with van der Waals surface area (Å²) in [7, 11) is 2.20. The number of likely N-dealkylation sites (N-methyl/N-ethyl adjacent to an activating group) is 1. The van der Waals surface area contributed by atoms with Crippen LogP contribution in [-0.2, 0) is 13.0 Å². The number of carbonyl (C=O) groups is 2. The summed E-state index contributed by atoms with van der Waals surface area (Å²) >= 11 is 0. The Hall–Kier alpha value is -4.20. The van der Waals surface area contributed by atoms with Crippen molar-refractivity contribution in [2.24, 2.45) is 0 Å². The van der Waals surface area contributed by atoms with Crippen molar-refractivity contribution in [1.82, 2.24) is 14.4 Å². The molecule has 7 heteroatoms. The van der Waals surface area contributed by atoms with Gasteiger partial charge in [-0.15, -0.1) is 0 Å². The number of hydrogen-bond acceptors (Lipinski definition) is 4. The van der Waals surface area contributed by atoms with E-state index in [1.54, 1.807) is 0 Å². The van der Waals surface area contributed by atoms with E-state index in [1.807, 2.05) is 83.8 Å². The first-order valence-electron chi connectivity index (χ1n) is 16.0. The Labute approximate surface area is 261 Å². The molecule has 6 rings (SSSR count). The van der Waals surface area contributed by atoms with Crippen LogP contribution in [0, 0.1) is 0 Å². The topological polar surface area (TPSA) is 60.8 Å². The summed E-state index contributed by atoms with van der Waals surface area (Å²) in [5, 5.41) is 3.02. The summed E-state index contributed by atoms with van der Waals surface area (Å²) in [6, 6.07) is 26.9. The number of amides is 2. The quantitative estimate of drug-likeness (QED) is 0.229. The van der Waals surface area contributed by atoms with Crippen molar-refractivity contribution in [1.29, 1.82) is 0 Å². The number of aryl methyl sites for hydroxylation is 1. The van der Waals surface area contributed by atoms with Gasteiger partial charge in [0.05, 0.1) is 5.69 Å². The van der Waals surface area contributed by atoms with Crippen molar-refractivity contribution in [2.45, 2.75) is 38.6 Å². The third kappa shape index (κ3) is 6.95. The van der Waals surface area contributed by atoms with Crippen molar-refractivity contribution in [3.8, 4) is 11.1 Å². The van der Waals surface area contributed by atoms with Crippen LogP contribution in [0.4, 0.5) is 11.4 Å². The molecule has 2 aliphatic rings. The van der Waals surface area contributed by atoms with Gasteiger partial charge in [-0.2, -0.15) is 0 Å². The number of nitrogens with one attached hydrogen (secondary N) is 1. The van der Waals surface area contributed by atoms with Gasteiger partial charge < -0.3 is 24.6 Å². The van der Waals surface area contributed by atoms with E-state index >= 15 is 0 Å². The third-order valence-corrected chi connectivity index (χ3v) is 9.00. The highest BCUT2D eigenvalue weighted by Gasteiger charge is 2.25. The molecular formula is C37H43N5O2. The van der Waals surface area contributed by atoms with Crippen LogP contribution in [0.2, 0.25) is 0 Å². The van der Waals surface area contributed by atoms with Crippen LogP contribution in [0.15, 0.2) is 91.1 Å². The number of hydrogen-bond donors (Lipinski definition) is 1. The molecule has 228 valence electrons. The number of benzene rings is 3. The normalized spacial score (nSPS) is 15.9. The van der Waals surface area contributed by atoms with Crippen LogP contribution in [-0.4, -0.2) is 72.5 Å². The van der Waals surface area contributed by atoms with Gasteiger partial charge in [-0.3, -0.25) is 9.59 Å². The molecule has 0 atom stereocenters. The lowest BCUT2D eigenvalue weighted by molar-refractivity contribution is 0.0985. The summed E-state index contributed by atoms with van der Waals surface area (Å²) in [5.41, 5.74) is 6.10. The maximum absolute atomic E-state index is 13.8. The first kappa shape index (κ1) is 29.9. The molecule has 0 bridgehead atoms. The van der Waals surface area contributed by atoms with E-state index in [1.165, 1.54) is 25.2 Å². The van der Waals surface area contributed by atoms with Gasteiger partial charge in [0.25, 0.3) is 11.8 Å². The number of carbonyl (C=O) groups excluding carboxylic acids is 2. The fraction of sp³-hybridized carbons (Fsp3) is 0.351. The molecule has 0 radical (unpaired) electrons. The van der Waals surface area contributed by atoms with Gasteiger partial charge in [0, 0.05) is 68.0 Å². The van der Waals surface area contributed by atoms with Crippen molar-refractivity contribution >= 4 is 23.2 Å². The van der Waals surface area contributed by atoms with Gasteiger partial charge in [-0.05, 0) is 93.2 Å². The zero-order chi connectivity index (χ0) is 30.3. The molecule has 4 aromatic rings. The molecule has 7 nitrogen and oxygen atoms in total. The number of anilines is 2. The molecule has 1 aromatic heterocycles. The number of rotatable bonds is 9. The largest absolute Gasteiger partial charge is 0.350 e. The van der Waals surface area contributed by atoms with Crippen molar-refractivity contribution < 1.29 is 9.59 Å². The molecule has 0 aliphatic carbocycles. The molecule has 0 spiro atoms. The van der Waals surface area contributed by atoms with Crippen LogP contribution in [0.3, 0.4) is 0 Å². The summed E-state index contributed by atoms with van der Waals surface area (Å²) in [5.74, 6) is -0.168. The Morgan fingerprint density at radius 1 is 0.750 bits per heavy atom. The Kier molecular flexibility index (Phi) is 9.54. The number of aromatic nitrogens is 1. The van der Waals surface area contributed by atoms with Crippen molar-refractivity contribution in [3.63, 3.8) is 0 Å². The molecule has 1 fully saturated rings. The lowest BCUT2D eigenvalue weighted by Gasteiger charge is -2.32. The summed E-state index contributed by atoms with van der Waals surface area (Å²) in [4.78, 5) is 33.9. The second kappa shape index (κ2) is 14.1. The average molecular weight is 590 g/mol. The van der Waals surface area contributed by atoms with Crippen LogP contribution in [0.25, 0.3) is 11.1 Å². The molecule has 1 N–H and O–H groups in total. The molecule has 1 saturated heterocycles. The van der Waals surface area contributed by atoms with Crippen LogP contribution >= 0.6 is 0 Å². The number of fused-ring (bicyclic) bond motifs is 1. The van der Waals surface area contributed by atoms with Crippen molar-refractivity contribution in [2.75, 3.05) is 56.5 Å². The molecule has 0 saturated carbocycles. The van der Waals surface area contributed by atoms with Gasteiger partial charge in [0.1, 0.15) is 0 Å². The highest BCUT2D eigenvalue weighted by atomic mass is 16.2. The average Bonchev–Trinajstić information content (AvgIpc) is 3.33. The summed E-state index contributed by atoms with van der Waals surface area (Å²) in [6.07, 6.45) is 7.57. The van der Waals surface area contributed by atoms with Gasteiger partial charge >= 0.3 is 0 Å². The minimum atomic E-state index is -0.175. The Balaban J connectivity index is 1.09. The lowest BCUT2D eigenvalue weighted by Crippen LogP contribution is -2.44. The fourth-order valence-electron chi connectivity index (χ4n) is 6.40. The molecule has 2 aliphatic heterocycles. The van der Waals surface area contributed by atoms with E-state index < -0.39 is 0 Å². The zero-order valence-electron chi connectivity index (χ0n) is 25.8. The zero-order valence-corrected chi connectivity index (χ0v) is 25.8. The predicted octanol–water partition coefficient (Wildman–Crippen LogP) is 6.42. The van der Waals surface area contributed by atoms with Gasteiger partial charge in [-0.1, -0.05) is 48.5 Å². The van der Waals surface area contributed by atoms with Crippen LogP contribution in [0.1, 0.15) is 52.1 Å². The first-order chi connectivity index (χ1) is 21.6. The Morgan fingerprint density at radius 3 is 2.27 bits per heavy atom. The van der Waals surface area contributed by atoms with E-state index in [4.69, 9.17) is 0 Å². The van der Waals surface area contributed by atoms with Gasteiger partial charge in [0.2, 0.25) is 0 Å². The lowest BCUT2D eigenvalue weighted by atomic mass is 9.99. The smallest absolute Gasteiger partial charge is 0.258 e. The Bertz CT molecular complexity index is 1550. The van der Waals surface area contributed by atoms with E-state index in [0.717, 1.165) is 68.7 Å².